The van der Waals surface area contributed by atoms with E-state index in [9.17, 15) is 9.59 Å². The van der Waals surface area contributed by atoms with Gasteiger partial charge in [0.25, 0.3) is 0 Å². The maximum atomic E-state index is 12.0. The van der Waals surface area contributed by atoms with Crippen molar-refractivity contribution >= 4 is 29.2 Å². The highest BCUT2D eigenvalue weighted by Crippen LogP contribution is 2.11. The van der Waals surface area contributed by atoms with Gasteiger partial charge in [0.2, 0.25) is 5.91 Å². The number of rotatable bonds is 6. The van der Waals surface area contributed by atoms with Gasteiger partial charge >= 0.3 is 6.03 Å². The summed E-state index contributed by atoms with van der Waals surface area (Å²) in [4.78, 5) is 23.8. The standard InChI is InChI=1S/C19H18ClN5O2/c20-15-8-6-14(7-9-15)10-21-19(27)22-12-18(26)24-16-11-23-25(13-16)17-4-2-1-3-5-17/h1-9,11,13H,10,12H2,(H,24,26)(H2,21,22,27). The number of halogens is 1. The molecule has 3 aromatic rings. The Morgan fingerprint density at radius 1 is 1.00 bits per heavy atom. The minimum absolute atomic E-state index is 0.150. The van der Waals surface area contributed by atoms with E-state index < -0.39 is 6.03 Å². The molecule has 0 unspecified atom stereocenters. The quantitative estimate of drug-likeness (QED) is 0.611. The fourth-order valence-electron chi connectivity index (χ4n) is 2.32. The van der Waals surface area contributed by atoms with Crippen LogP contribution in [0.25, 0.3) is 5.69 Å². The van der Waals surface area contributed by atoms with Gasteiger partial charge in [-0.3, -0.25) is 4.79 Å². The fourth-order valence-corrected chi connectivity index (χ4v) is 2.45. The first-order valence-corrected chi connectivity index (χ1v) is 8.64. The molecule has 0 aliphatic carbocycles. The second-order valence-corrected chi connectivity index (χ2v) is 6.16. The smallest absolute Gasteiger partial charge is 0.315 e. The van der Waals surface area contributed by atoms with Gasteiger partial charge in [-0.2, -0.15) is 5.10 Å². The van der Waals surface area contributed by atoms with Crippen LogP contribution in [-0.2, 0) is 11.3 Å². The highest BCUT2D eigenvalue weighted by Gasteiger charge is 2.07. The summed E-state index contributed by atoms with van der Waals surface area (Å²) >= 11 is 5.81. The Morgan fingerprint density at radius 2 is 1.74 bits per heavy atom. The van der Waals surface area contributed by atoms with E-state index in [0.717, 1.165) is 11.3 Å². The number of amides is 3. The van der Waals surface area contributed by atoms with Crippen LogP contribution in [0.3, 0.4) is 0 Å². The summed E-state index contributed by atoms with van der Waals surface area (Å²) in [6.07, 6.45) is 3.25. The normalized spacial score (nSPS) is 10.3. The number of aromatic nitrogens is 2. The van der Waals surface area contributed by atoms with Crippen molar-refractivity contribution in [2.45, 2.75) is 6.54 Å². The van der Waals surface area contributed by atoms with E-state index in [1.165, 1.54) is 0 Å². The fraction of sp³-hybridized carbons (Fsp3) is 0.105. The number of hydrogen-bond donors (Lipinski definition) is 3. The Hall–Kier alpha value is -3.32. The molecular weight excluding hydrogens is 366 g/mol. The SMILES string of the molecule is O=C(CNC(=O)NCc1ccc(Cl)cc1)Nc1cnn(-c2ccccc2)c1. The third kappa shape index (κ3) is 5.58. The second kappa shape index (κ2) is 8.86. The average Bonchev–Trinajstić information content (AvgIpc) is 3.15. The van der Waals surface area contributed by atoms with Crippen LogP contribution in [0.1, 0.15) is 5.56 Å². The average molecular weight is 384 g/mol. The summed E-state index contributed by atoms with van der Waals surface area (Å²) in [6.45, 7) is 0.192. The van der Waals surface area contributed by atoms with Gasteiger partial charge in [-0.05, 0) is 29.8 Å². The lowest BCUT2D eigenvalue weighted by molar-refractivity contribution is -0.115. The van der Waals surface area contributed by atoms with Crippen molar-refractivity contribution in [2.24, 2.45) is 0 Å². The molecule has 0 saturated carbocycles. The molecule has 27 heavy (non-hydrogen) atoms. The van der Waals surface area contributed by atoms with Gasteiger partial charge in [0.1, 0.15) is 0 Å². The van der Waals surface area contributed by atoms with Gasteiger partial charge in [0.15, 0.2) is 0 Å². The number of anilines is 1. The number of benzene rings is 2. The Morgan fingerprint density at radius 3 is 2.48 bits per heavy atom. The molecule has 0 fully saturated rings. The Labute approximate surface area is 161 Å². The highest BCUT2D eigenvalue weighted by molar-refractivity contribution is 6.30. The molecule has 0 aliphatic rings. The van der Waals surface area contributed by atoms with Gasteiger partial charge in [0.05, 0.1) is 30.3 Å². The van der Waals surface area contributed by atoms with Crippen LogP contribution in [0.5, 0.6) is 0 Å². The molecule has 138 valence electrons. The highest BCUT2D eigenvalue weighted by atomic mass is 35.5. The van der Waals surface area contributed by atoms with Gasteiger partial charge in [-0.15, -0.1) is 0 Å². The van der Waals surface area contributed by atoms with Gasteiger partial charge in [-0.25, -0.2) is 9.48 Å². The van der Waals surface area contributed by atoms with Crippen LogP contribution in [0.15, 0.2) is 67.0 Å². The zero-order valence-corrected chi connectivity index (χ0v) is 15.1. The van der Waals surface area contributed by atoms with E-state index in [1.807, 2.05) is 42.5 Å². The van der Waals surface area contributed by atoms with Gasteiger partial charge in [-0.1, -0.05) is 41.9 Å². The van der Waals surface area contributed by atoms with Crippen LogP contribution in [0.4, 0.5) is 10.5 Å². The summed E-state index contributed by atoms with van der Waals surface area (Å²) in [5.41, 5.74) is 2.34. The third-order valence-corrected chi connectivity index (χ3v) is 3.91. The lowest BCUT2D eigenvalue weighted by Crippen LogP contribution is -2.39. The molecule has 0 spiro atoms. The topological polar surface area (TPSA) is 88.1 Å². The van der Waals surface area contributed by atoms with Crippen molar-refractivity contribution in [3.05, 3.63) is 77.6 Å². The lowest BCUT2D eigenvalue weighted by atomic mass is 10.2. The van der Waals surface area contributed by atoms with Gasteiger partial charge in [0, 0.05) is 11.6 Å². The van der Waals surface area contributed by atoms with Crippen molar-refractivity contribution in [3.63, 3.8) is 0 Å². The molecule has 7 nitrogen and oxygen atoms in total. The molecule has 3 amide bonds. The Kier molecular flexibility index (Phi) is 6.06. The van der Waals surface area contributed by atoms with Crippen LogP contribution < -0.4 is 16.0 Å². The molecule has 8 heteroatoms. The predicted molar refractivity (Wildman–Crippen MR) is 104 cm³/mol. The summed E-state index contributed by atoms with van der Waals surface area (Å²) < 4.78 is 1.65. The number of carbonyl (C=O) groups is 2. The number of nitrogens with zero attached hydrogens (tertiary/aromatic N) is 2. The Bertz CT molecular complexity index is 909. The van der Waals surface area contributed by atoms with E-state index in [1.54, 1.807) is 29.2 Å². The monoisotopic (exact) mass is 383 g/mol. The first kappa shape index (κ1) is 18.5. The second-order valence-electron chi connectivity index (χ2n) is 5.72. The molecule has 3 N–H and O–H groups in total. The van der Waals surface area contributed by atoms with E-state index in [2.05, 4.69) is 21.0 Å². The molecule has 0 aliphatic heterocycles. The van der Waals surface area contributed by atoms with Crippen molar-refractivity contribution in [1.82, 2.24) is 20.4 Å². The Balaban J connectivity index is 1.42. The first-order valence-electron chi connectivity index (χ1n) is 8.26. The number of hydrogen-bond acceptors (Lipinski definition) is 3. The van der Waals surface area contributed by atoms with Crippen molar-refractivity contribution in [3.8, 4) is 5.69 Å². The summed E-state index contributed by atoms with van der Waals surface area (Å²) in [7, 11) is 0. The van der Waals surface area contributed by atoms with Crippen LogP contribution in [0, 0.1) is 0 Å². The zero-order chi connectivity index (χ0) is 19.1. The maximum Gasteiger partial charge on any atom is 0.315 e. The number of para-hydroxylation sites is 1. The van der Waals surface area contributed by atoms with Crippen LogP contribution >= 0.6 is 11.6 Å². The predicted octanol–water partition coefficient (Wildman–Crippen LogP) is 2.96. The van der Waals surface area contributed by atoms with Crippen LogP contribution in [-0.4, -0.2) is 28.3 Å². The minimum Gasteiger partial charge on any atom is -0.334 e. The maximum absolute atomic E-state index is 12.0. The van der Waals surface area contributed by atoms with Crippen molar-refractivity contribution in [2.75, 3.05) is 11.9 Å². The largest absolute Gasteiger partial charge is 0.334 e. The third-order valence-electron chi connectivity index (χ3n) is 3.66. The van der Waals surface area contributed by atoms with E-state index >= 15 is 0 Å². The molecule has 3 rings (SSSR count). The minimum atomic E-state index is -0.430. The lowest BCUT2D eigenvalue weighted by Gasteiger charge is -2.08. The summed E-state index contributed by atoms with van der Waals surface area (Å²) in [6, 6.07) is 16.2. The molecule has 0 radical (unpaired) electrons. The van der Waals surface area contributed by atoms with Crippen molar-refractivity contribution < 1.29 is 9.59 Å². The van der Waals surface area contributed by atoms with Gasteiger partial charge < -0.3 is 16.0 Å². The summed E-state index contributed by atoms with van der Waals surface area (Å²) in [5, 5.41) is 12.7. The molecule has 0 atom stereocenters. The zero-order valence-electron chi connectivity index (χ0n) is 14.4. The molecular formula is C19H18ClN5O2. The van der Waals surface area contributed by atoms with Crippen molar-refractivity contribution in [1.29, 1.82) is 0 Å². The van der Waals surface area contributed by atoms with E-state index in [0.29, 0.717) is 17.3 Å². The number of nitrogens with one attached hydrogen (secondary N) is 3. The van der Waals surface area contributed by atoms with E-state index in [4.69, 9.17) is 11.6 Å². The van der Waals surface area contributed by atoms with E-state index in [-0.39, 0.29) is 12.5 Å². The molecule has 0 saturated heterocycles. The molecule has 0 bridgehead atoms. The first-order chi connectivity index (χ1) is 13.1. The molecule has 1 heterocycles. The molecule has 2 aromatic carbocycles. The number of urea groups is 1. The van der Waals surface area contributed by atoms with Crippen LogP contribution in [0.2, 0.25) is 5.02 Å². The summed E-state index contributed by atoms with van der Waals surface area (Å²) in [5.74, 6) is -0.343. The molecule has 1 aromatic heterocycles. The number of carbonyl (C=O) groups excluding carboxylic acids is 2.